The molecule has 1 aliphatic rings. The molecule has 0 aliphatic heterocycles. The smallest absolute Gasteiger partial charge is 0.243 e. The maximum atomic E-state index is 13.9. The van der Waals surface area contributed by atoms with Crippen LogP contribution >= 0.6 is 11.8 Å². The molecule has 1 aromatic rings. The number of rotatable bonds is 6. The van der Waals surface area contributed by atoms with Crippen molar-refractivity contribution in [3.63, 3.8) is 0 Å². The van der Waals surface area contributed by atoms with Crippen molar-refractivity contribution in [2.45, 2.75) is 42.0 Å². The normalized spacial score (nSPS) is 22.6. The monoisotopic (exact) mass is 332 g/mol. The van der Waals surface area contributed by atoms with E-state index in [4.69, 9.17) is 0 Å². The predicted molar refractivity (Wildman–Crippen MR) is 84.4 cm³/mol. The minimum atomic E-state index is -3.81. The Labute approximate surface area is 129 Å². The van der Waals surface area contributed by atoms with Gasteiger partial charge < -0.3 is 5.32 Å². The van der Waals surface area contributed by atoms with Crippen LogP contribution in [0.3, 0.4) is 0 Å². The van der Waals surface area contributed by atoms with Gasteiger partial charge in [-0.3, -0.25) is 0 Å². The third kappa shape index (κ3) is 4.18. The van der Waals surface area contributed by atoms with Crippen LogP contribution in [0.15, 0.2) is 23.1 Å². The summed E-state index contributed by atoms with van der Waals surface area (Å²) >= 11 is 1.75. The first-order valence-corrected chi connectivity index (χ1v) is 9.71. The average Bonchev–Trinajstić information content (AvgIpc) is 2.88. The number of sulfonamides is 1. The first-order valence-electron chi connectivity index (χ1n) is 6.94. The minimum absolute atomic E-state index is 0.0974. The van der Waals surface area contributed by atoms with Crippen molar-refractivity contribution in [2.24, 2.45) is 0 Å². The number of thioether (sulfide) groups is 1. The Kier molecular flexibility index (Phi) is 5.65. The molecule has 2 unspecified atom stereocenters. The van der Waals surface area contributed by atoms with E-state index in [2.05, 4.69) is 10.0 Å². The molecule has 4 nitrogen and oxygen atoms in total. The molecule has 2 N–H and O–H groups in total. The van der Waals surface area contributed by atoms with Crippen LogP contribution in [0.5, 0.6) is 0 Å². The molecule has 21 heavy (non-hydrogen) atoms. The van der Waals surface area contributed by atoms with Gasteiger partial charge in [-0.15, -0.1) is 0 Å². The molecule has 0 aromatic heterocycles. The van der Waals surface area contributed by atoms with Crippen molar-refractivity contribution < 1.29 is 12.8 Å². The Balaban J connectivity index is 2.17. The molecule has 1 aromatic carbocycles. The molecule has 1 saturated carbocycles. The standard InChI is InChI=1S/C14H21FN2O2S2/c1-16-9-10-3-6-13(15)14(7-10)21(18,19)17-11-4-5-12(8-11)20-2/h3,6-7,11-12,16-17H,4-5,8-9H2,1-2H3. The fourth-order valence-electron chi connectivity index (χ4n) is 2.61. The highest BCUT2D eigenvalue weighted by Gasteiger charge is 2.29. The second-order valence-corrected chi connectivity index (χ2v) is 8.10. The van der Waals surface area contributed by atoms with E-state index in [1.807, 2.05) is 6.26 Å². The number of hydrogen-bond donors (Lipinski definition) is 2. The second kappa shape index (κ2) is 7.09. The van der Waals surface area contributed by atoms with Crippen molar-refractivity contribution in [1.82, 2.24) is 10.0 Å². The fraction of sp³-hybridized carbons (Fsp3) is 0.571. The summed E-state index contributed by atoms with van der Waals surface area (Å²) in [6.45, 7) is 0.501. The quantitative estimate of drug-likeness (QED) is 0.838. The van der Waals surface area contributed by atoms with Gasteiger partial charge >= 0.3 is 0 Å². The van der Waals surface area contributed by atoms with Crippen molar-refractivity contribution in [2.75, 3.05) is 13.3 Å². The van der Waals surface area contributed by atoms with Crippen LogP contribution in [-0.2, 0) is 16.6 Å². The van der Waals surface area contributed by atoms with E-state index in [1.165, 1.54) is 12.1 Å². The Morgan fingerprint density at radius 3 is 2.76 bits per heavy atom. The van der Waals surface area contributed by atoms with E-state index in [1.54, 1.807) is 24.9 Å². The largest absolute Gasteiger partial charge is 0.316 e. The Hall–Kier alpha value is -0.630. The van der Waals surface area contributed by atoms with Gasteiger partial charge in [0.05, 0.1) is 0 Å². The maximum absolute atomic E-state index is 13.9. The van der Waals surface area contributed by atoms with Crippen LogP contribution in [0.4, 0.5) is 4.39 Å². The first-order chi connectivity index (χ1) is 9.96. The molecule has 1 fully saturated rings. The topological polar surface area (TPSA) is 58.2 Å². The Morgan fingerprint density at radius 1 is 1.38 bits per heavy atom. The lowest BCUT2D eigenvalue weighted by molar-refractivity contribution is 0.536. The summed E-state index contributed by atoms with van der Waals surface area (Å²) in [4.78, 5) is -0.261. The number of hydrogen-bond acceptors (Lipinski definition) is 4. The fourth-order valence-corrected chi connectivity index (χ4v) is 4.82. The van der Waals surface area contributed by atoms with E-state index in [0.29, 0.717) is 11.8 Å². The van der Waals surface area contributed by atoms with Gasteiger partial charge in [0, 0.05) is 17.8 Å². The Bertz CT molecular complexity index is 593. The summed E-state index contributed by atoms with van der Waals surface area (Å²) in [5.41, 5.74) is 0.743. The van der Waals surface area contributed by atoms with Crippen molar-refractivity contribution >= 4 is 21.8 Å². The summed E-state index contributed by atoms with van der Waals surface area (Å²) in [6, 6.07) is 4.10. The SMILES string of the molecule is CNCc1ccc(F)c(S(=O)(=O)NC2CCC(SC)C2)c1. The highest BCUT2D eigenvalue weighted by molar-refractivity contribution is 7.99. The maximum Gasteiger partial charge on any atom is 0.243 e. The van der Waals surface area contributed by atoms with Gasteiger partial charge in [-0.05, 0) is 50.3 Å². The lowest BCUT2D eigenvalue weighted by atomic mass is 10.2. The lowest BCUT2D eigenvalue weighted by Gasteiger charge is -2.14. The van der Waals surface area contributed by atoms with Crippen molar-refractivity contribution in [1.29, 1.82) is 0 Å². The van der Waals surface area contributed by atoms with Crippen LogP contribution < -0.4 is 10.0 Å². The van der Waals surface area contributed by atoms with Gasteiger partial charge in [-0.2, -0.15) is 11.8 Å². The van der Waals surface area contributed by atoms with E-state index < -0.39 is 15.8 Å². The molecular formula is C14H21FN2O2S2. The van der Waals surface area contributed by atoms with Crippen LogP contribution in [-0.4, -0.2) is 33.0 Å². The number of benzene rings is 1. The Morgan fingerprint density at radius 2 is 2.14 bits per heavy atom. The molecule has 0 spiro atoms. The molecule has 1 aliphatic carbocycles. The summed E-state index contributed by atoms with van der Waals surface area (Å²) in [5, 5.41) is 3.41. The van der Waals surface area contributed by atoms with Gasteiger partial charge in [0.15, 0.2) is 0 Å². The molecule has 2 atom stereocenters. The third-order valence-electron chi connectivity index (χ3n) is 3.71. The molecule has 0 radical (unpaired) electrons. The predicted octanol–water partition coefficient (Wildman–Crippen LogP) is 2.11. The highest BCUT2D eigenvalue weighted by atomic mass is 32.2. The number of halogens is 1. The van der Waals surface area contributed by atoms with Crippen molar-refractivity contribution in [3.8, 4) is 0 Å². The molecule has 0 saturated heterocycles. The third-order valence-corrected chi connectivity index (χ3v) is 6.34. The molecule has 7 heteroatoms. The summed E-state index contributed by atoms with van der Waals surface area (Å²) in [6.07, 6.45) is 4.64. The molecule has 0 bridgehead atoms. The minimum Gasteiger partial charge on any atom is -0.316 e. The van der Waals surface area contributed by atoms with Gasteiger partial charge in [0.25, 0.3) is 0 Å². The van der Waals surface area contributed by atoms with Crippen LogP contribution in [0, 0.1) is 5.82 Å². The van der Waals surface area contributed by atoms with Gasteiger partial charge in [0.1, 0.15) is 10.7 Å². The zero-order valence-corrected chi connectivity index (χ0v) is 13.9. The molecule has 0 amide bonds. The average molecular weight is 332 g/mol. The van der Waals surface area contributed by atoms with Crippen LogP contribution in [0.2, 0.25) is 0 Å². The lowest BCUT2D eigenvalue weighted by Crippen LogP contribution is -2.33. The van der Waals surface area contributed by atoms with Crippen LogP contribution in [0.1, 0.15) is 24.8 Å². The zero-order chi connectivity index (χ0) is 15.5. The molecule has 118 valence electrons. The summed E-state index contributed by atoms with van der Waals surface area (Å²) in [7, 11) is -2.05. The molecule has 2 rings (SSSR count). The van der Waals surface area contributed by atoms with Crippen molar-refractivity contribution in [3.05, 3.63) is 29.6 Å². The highest BCUT2D eigenvalue weighted by Crippen LogP contribution is 2.29. The number of nitrogens with one attached hydrogen (secondary N) is 2. The molecule has 0 heterocycles. The van der Waals surface area contributed by atoms with Gasteiger partial charge in [-0.1, -0.05) is 6.07 Å². The second-order valence-electron chi connectivity index (χ2n) is 5.28. The summed E-state index contributed by atoms with van der Waals surface area (Å²) in [5.74, 6) is -0.707. The van der Waals surface area contributed by atoms with E-state index >= 15 is 0 Å². The van der Waals surface area contributed by atoms with Gasteiger partial charge in [0.2, 0.25) is 10.0 Å². The van der Waals surface area contributed by atoms with Gasteiger partial charge in [-0.25, -0.2) is 17.5 Å². The van der Waals surface area contributed by atoms with E-state index in [-0.39, 0.29) is 10.9 Å². The first kappa shape index (κ1) is 16.7. The zero-order valence-electron chi connectivity index (χ0n) is 12.2. The van der Waals surface area contributed by atoms with E-state index in [9.17, 15) is 12.8 Å². The van der Waals surface area contributed by atoms with E-state index in [0.717, 1.165) is 24.8 Å². The summed E-state index contributed by atoms with van der Waals surface area (Å²) < 4.78 is 41.3. The molecular weight excluding hydrogens is 311 g/mol. The van der Waals surface area contributed by atoms with Crippen LogP contribution in [0.25, 0.3) is 0 Å².